The quantitative estimate of drug-likeness (QED) is 0.0314. The van der Waals surface area contributed by atoms with Crippen LogP contribution in [-0.4, -0.2) is 75.6 Å². The highest BCUT2D eigenvalue weighted by Gasteiger charge is 2.37. The van der Waals surface area contributed by atoms with Crippen molar-refractivity contribution in [1.29, 1.82) is 0 Å². The Labute approximate surface area is 381 Å². The molecule has 7 N–H and O–H groups in total. The Hall–Kier alpha value is -6.68. The molecule has 0 spiro atoms. The van der Waals surface area contributed by atoms with Crippen molar-refractivity contribution in [2.75, 3.05) is 19.7 Å². The summed E-state index contributed by atoms with van der Waals surface area (Å²) in [5.74, 6) is -1.65. The normalized spacial score (nSPS) is 15.2. The van der Waals surface area contributed by atoms with Gasteiger partial charge in [-0.25, -0.2) is 17.9 Å². The lowest BCUT2D eigenvalue weighted by molar-refractivity contribution is -0.132. The number of amides is 4. The van der Waals surface area contributed by atoms with E-state index in [1.54, 1.807) is 51.1 Å². The third-order valence-corrected chi connectivity index (χ3v) is 13.5. The molecule has 4 amide bonds. The minimum absolute atomic E-state index is 0.00255. The molecule has 3 atom stereocenters. The zero-order valence-electron chi connectivity index (χ0n) is 37.7. The van der Waals surface area contributed by atoms with E-state index in [4.69, 9.17) is 15.2 Å². The summed E-state index contributed by atoms with van der Waals surface area (Å²) >= 11 is 0. The molecule has 0 unspecified atom stereocenters. The highest BCUT2D eigenvalue weighted by atomic mass is 32.2. The third-order valence-electron chi connectivity index (χ3n) is 11.8. The Morgan fingerprint density at radius 1 is 0.862 bits per heavy atom. The van der Waals surface area contributed by atoms with Crippen LogP contribution < -0.4 is 36.5 Å². The third kappa shape index (κ3) is 11.0. The largest absolute Gasteiger partial charge is 0.487 e. The molecule has 0 saturated carbocycles. The fraction of sp³-hybridized carbons (Fsp3) is 0.367. The molecule has 0 fully saturated rings. The number of guanidine groups is 1. The van der Waals surface area contributed by atoms with Crippen LogP contribution in [-0.2, 0) is 35.6 Å². The molecule has 0 bridgehead atoms. The van der Waals surface area contributed by atoms with Gasteiger partial charge in [-0.3, -0.25) is 19.4 Å². The van der Waals surface area contributed by atoms with E-state index in [9.17, 15) is 27.6 Å². The number of hydrogen-bond donors (Lipinski definition) is 6. The molecule has 65 heavy (non-hydrogen) atoms. The topological polar surface area (TPSA) is 219 Å². The van der Waals surface area contributed by atoms with Crippen LogP contribution in [0.1, 0.15) is 90.9 Å². The van der Waals surface area contributed by atoms with Crippen molar-refractivity contribution in [2.24, 2.45) is 10.7 Å². The van der Waals surface area contributed by atoms with Gasteiger partial charge in [0.25, 0.3) is 10.0 Å². The van der Waals surface area contributed by atoms with E-state index in [-0.39, 0.29) is 55.7 Å². The monoisotopic (exact) mass is 905 g/mol. The fourth-order valence-electron chi connectivity index (χ4n) is 8.50. The number of fused-ring (bicyclic) bond motifs is 4. The van der Waals surface area contributed by atoms with Gasteiger partial charge in [-0.2, -0.15) is 0 Å². The highest BCUT2D eigenvalue weighted by Crippen LogP contribution is 2.45. The first-order chi connectivity index (χ1) is 31.0. The molecule has 2 aliphatic rings. The molecule has 344 valence electrons. The number of carbonyl (C=O) groups excluding carboxylic acids is 4. The van der Waals surface area contributed by atoms with E-state index < -0.39 is 57.6 Å². The summed E-state index contributed by atoms with van der Waals surface area (Å²) in [4.78, 5) is 58.8. The summed E-state index contributed by atoms with van der Waals surface area (Å²) in [5, 5.41) is 10.9. The van der Waals surface area contributed by atoms with Gasteiger partial charge in [0.1, 0.15) is 36.1 Å². The second-order valence-corrected chi connectivity index (χ2v) is 18.6. The maximum absolute atomic E-state index is 14.0. The summed E-state index contributed by atoms with van der Waals surface area (Å²) in [6.07, 6.45) is 1.53. The maximum atomic E-state index is 14.0. The van der Waals surface area contributed by atoms with Gasteiger partial charge in [-0.1, -0.05) is 91.9 Å². The maximum Gasteiger partial charge on any atom is 0.407 e. The van der Waals surface area contributed by atoms with Gasteiger partial charge in [0.15, 0.2) is 0 Å². The number of hydrogen-bond acceptors (Lipinski definition) is 9. The fourth-order valence-corrected chi connectivity index (χ4v) is 10.0. The lowest BCUT2D eigenvalue weighted by atomic mass is 9.94. The molecule has 1 aliphatic heterocycles. The van der Waals surface area contributed by atoms with Crippen LogP contribution in [0.4, 0.5) is 4.79 Å². The van der Waals surface area contributed by atoms with Gasteiger partial charge >= 0.3 is 6.09 Å². The Bertz CT molecular complexity index is 2550. The number of nitrogens with two attached hydrogens (primary N) is 1. The Kier molecular flexibility index (Phi) is 15.0. The van der Waals surface area contributed by atoms with Crippen molar-refractivity contribution < 1.29 is 37.1 Å². The van der Waals surface area contributed by atoms with Gasteiger partial charge in [-0.15, -0.1) is 6.58 Å². The number of rotatable bonds is 18. The standard InChI is InChI=1S/C49H59N7O8S/c1-8-25-51-46(59)41(32-18-11-10-12-19-32)55-44(57)39(9-2)53-45(58)40(54-48(60)63-28-38-35-22-15-13-20-33(35)34-21-14-16-23-36(34)38)24-17-26-52-47(50)56-65(61,62)43-30(4)29(3)42-37(31(43)5)27-49(6,7)64-42/h8,10-16,18-23,38-41H,1,9,17,24-28H2,2-7H3,(H,51,59)(H,53,58)(H,54,60)(H,55,57)(H3,50,52,56)/t39-,40-,41+/m0/s1. The van der Waals surface area contributed by atoms with Gasteiger partial charge in [0, 0.05) is 31.0 Å². The minimum atomic E-state index is -4.16. The van der Waals surface area contributed by atoms with E-state index in [1.165, 1.54) is 6.08 Å². The molecule has 4 aromatic carbocycles. The van der Waals surface area contributed by atoms with Crippen molar-refractivity contribution in [2.45, 2.75) is 102 Å². The number of benzene rings is 4. The lowest BCUT2D eigenvalue weighted by Crippen LogP contribution is -2.55. The van der Waals surface area contributed by atoms with Gasteiger partial charge in [0.05, 0.1) is 4.90 Å². The number of carbonyl (C=O) groups is 4. The molecule has 15 nitrogen and oxygen atoms in total. The number of aliphatic imine (C=N–C) groups is 1. The highest BCUT2D eigenvalue weighted by molar-refractivity contribution is 7.90. The smallest absolute Gasteiger partial charge is 0.407 e. The second-order valence-electron chi connectivity index (χ2n) is 16.9. The molecule has 16 heteroatoms. The Balaban J connectivity index is 1.16. The average molecular weight is 906 g/mol. The first kappa shape index (κ1) is 47.8. The number of sulfonamides is 1. The van der Waals surface area contributed by atoms with E-state index in [2.05, 4.69) is 37.6 Å². The van der Waals surface area contributed by atoms with Crippen LogP contribution in [0.5, 0.6) is 5.75 Å². The van der Waals surface area contributed by atoms with Crippen LogP contribution in [0.2, 0.25) is 0 Å². The molecule has 1 aliphatic carbocycles. The van der Waals surface area contributed by atoms with E-state index in [1.807, 2.05) is 69.3 Å². The SMILES string of the molecule is C=CCNC(=O)[C@H](NC(=O)[C@H](CC)NC(=O)[C@H](CCCN=C(N)NS(=O)(=O)c1c(C)c(C)c2c(c1C)CC(C)(C)O2)NC(=O)OCC1c2ccccc2-c2ccccc21)c1ccccc1. The lowest BCUT2D eigenvalue weighted by Gasteiger charge is -2.25. The number of nitrogens with one attached hydrogen (secondary N) is 5. The summed E-state index contributed by atoms with van der Waals surface area (Å²) in [6.45, 7) is 14.7. The molecule has 6 rings (SSSR count). The summed E-state index contributed by atoms with van der Waals surface area (Å²) in [6, 6.07) is 21.1. The van der Waals surface area contributed by atoms with Crippen LogP contribution in [0.15, 0.2) is 101 Å². The summed E-state index contributed by atoms with van der Waals surface area (Å²) in [5.41, 5.74) is 13.0. The number of ether oxygens (including phenoxy) is 2. The molecule has 0 saturated heterocycles. The second kappa shape index (κ2) is 20.4. The van der Waals surface area contributed by atoms with E-state index >= 15 is 0 Å². The minimum Gasteiger partial charge on any atom is -0.487 e. The van der Waals surface area contributed by atoms with Crippen LogP contribution in [0, 0.1) is 20.8 Å². The molecule has 0 radical (unpaired) electrons. The van der Waals surface area contributed by atoms with Gasteiger partial charge in [0.2, 0.25) is 23.7 Å². The first-order valence-electron chi connectivity index (χ1n) is 21.8. The number of nitrogens with zero attached hydrogens (tertiary/aromatic N) is 1. The van der Waals surface area contributed by atoms with Crippen molar-refractivity contribution in [1.82, 2.24) is 26.0 Å². The Morgan fingerprint density at radius 2 is 1.48 bits per heavy atom. The number of alkyl carbamates (subject to hydrolysis) is 1. The predicted octanol–water partition coefficient (Wildman–Crippen LogP) is 5.66. The zero-order valence-corrected chi connectivity index (χ0v) is 38.6. The van der Waals surface area contributed by atoms with Gasteiger partial charge < -0.3 is 36.5 Å². The average Bonchev–Trinajstić information content (AvgIpc) is 3.79. The Morgan fingerprint density at radius 3 is 2.11 bits per heavy atom. The first-order valence-corrected chi connectivity index (χ1v) is 23.2. The van der Waals surface area contributed by atoms with Crippen molar-refractivity contribution in [3.8, 4) is 16.9 Å². The molecule has 0 aromatic heterocycles. The van der Waals surface area contributed by atoms with E-state index in [0.29, 0.717) is 28.9 Å². The van der Waals surface area contributed by atoms with Crippen molar-refractivity contribution in [3.63, 3.8) is 0 Å². The zero-order chi connectivity index (χ0) is 47.1. The van der Waals surface area contributed by atoms with Gasteiger partial charge in [-0.05, 0) is 98.4 Å². The summed E-state index contributed by atoms with van der Waals surface area (Å²) in [7, 11) is -4.16. The predicted molar refractivity (Wildman–Crippen MR) is 250 cm³/mol. The molecular formula is C49H59N7O8S. The molecule has 1 heterocycles. The van der Waals surface area contributed by atoms with Crippen LogP contribution in [0.25, 0.3) is 11.1 Å². The molecule has 4 aromatic rings. The summed E-state index contributed by atoms with van der Waals surface area (Å²) < 4.78 is 41.9. The molecular weight excluding hydrogens is 847 g/mol. The van der Waals surface area contributed by atoms with Crippen molar-refractivity contribution >= 4 is 39.8 Å². The van der Waals surface area contributed by atoms with Crippen LogP contribution >= 0.6 is 0 Å². The van der Waals surface area contributed by atoms with Crippen molar-refractivity contribution in [3.05, 3.63) is 130 Å². The van der Waals surface area contributed by atoms with Crippen LogP contribution in [0.3, 0.4) is 0 Å². The van der Waals surface area contributed by atoms with E-state index in [0.717, 1.165) is 33.4 Å².